The highest BCUT2D eigenvalue weighted by Crippen LogP contribution is 2.22. The van der Waals surface area contributed by atoms with Gasteiger partial charge in [0.25, 0.3) is 0 Å². The molecule has 0 spiro atoms. The maximum atomic E-state index is 11.9. The fourth-order valence-corrected chi connectivity index (χ4v) is 2.49. The van der Waals surface area contributed by atoms with Crippen molar-refractivity contribution in [1.82, 2.24) is 15.6 Å². The summed E-state index contributed by atoms with van der Waals surface area (Å²) in [7, 11) is 0. The Hall–Kier alpha value is -1.10. The molecule has 0 radical (unpaired) electrons. The van der Waals surface area contributed by atoms with Gasteiger partial charge in [0.05, 0.1) is 6.04 Å². The maximum absolute atomic E-state index is 11.9. The van der Waals surface area contributed by atoms with Crippen LogP contribution in [0.25, 0.3) is 0 Å². The van der Waals surface area contributed by atoms with Crippen LogP contribution < -0.4 is 10.6 Å². The highest BCUT2D eigenvalue weighted by molar-refractivity contribution is 7.09. The second-order valence-corrected chi connectivity index (χ2v) is 6.56. The van der Waals surface area contributed by atoms with E-state index in [1.54, 1.807) is 17.5 Å². The van der Waals surface area contributed by atoms with Crippen LogP contribution in [-0.2, 0) is 0 Å². The third kappa shape index (κ3) is 6.57. The second kappa shape index (κ2) is 8.15. The van der Waals surface area contributed by atoms with Crippen LogP contribution in [-0.4, -0.2) is 17.6 Å². The van der Waals surface area contributed by atoms with E-state index in [4.69, 9.17) is 0 Å². The van der Waals surface area contributed by atoms with Gasteiger partial charge in [0.2, 0.25) is 0 Å². The van der Waals surface area contributed by atoms with Crippen LogP contribution in [0.2, 0.25) is 0 Å². The van der Waals surface area contributed by atoms with Gasteiger partial charge in [0.15, 0.2) is 0 Å². The Morgan fingerprint density at radius 3 is 2.58 bits per heavy atom. The fourth-order valence-electron chi connectivity index (χ4n) is 1.78. The molecular weight excluding hydrogens is 258 g/mol. The number of amides is 2. The molecule has 1 heterocycles. The first kappa shape index (κ1) is 16.0. The Morgan fingerprint density at radius 2 is 2.05 bits per heavy atom. The van der Waals surface area contributed by atoms with E-state index in [9.17, 15) is 4.79 Å². The van der Waals surface area contributed by atoms with Crippen LogP contribution in [0, 0.1) is 11.8 Å². The zero-order chi connectivity index (χ0) is 14.3. The third-order valence-corrected chi connectivity index (χ3v) is 3.66. The lowest BCUT2D eigenvalue weighted by Crippen LogP contribution is -2.39. The van der Waals surface area contributed by atoms with Crippen molar-refractivity contribution in [3.63, 3.8) is 0 Å². The van der Waals surface area contributed by atoms with Crippen molar-refractivity contribution in [2.24, 2.45) is 11.8 Å². The van der Waals surface area contributed by atoms with E-state index in [-0.39, 0.29) is 12.1 Å². The van der Waals surface area contributed by atoms with Crippen molar-refractivity contribution in [2.45, 2.75) is 46.6 Å². The Kier molecular flexibility index (Phi) is 6.84. The number of hydrogen-bond donors (Lipinski definition) is 2. The molecule has 5 heteroatoms. The van der Waals surface area contributed by atoms with Gasteiger partial charge < -0.3 is 10.6 Å². The summed E-state index contributed by atoms with van der Waals surface area (Å²) in [6.07, 6.45) is 3.69. The van der Waals surface area contributed by atoms with E-state index in [1.165, 1.54) is 0 Å². The lowest BCUT2D eigenvalue weighted by atomic mass is 10.0. The molecule has 1 aromatic rings. The summed E-state index contributed by atoms with van der Waals surface area (Å²) >= 11 is 1.59. The van der Waals surface area contributed by atoms with Gasteiger partial charge in [-0.15, -0.1) is 11.3 Å². The number of thiazole rings is 1. The molecule has 1 rings (SSSR count). The number of aromatic nitrogens is 1. The van der Waals surface area contributed by atoms with Crippen LogP contribution in [0.3, 0.4) is 0 Å². The van der Waals surface area contributed by atoms with Crippen molar-refractivity contribution >= 4 is 17.4 Å². The van der Waals surface area contributed by atoms with Crippen molar-refractivity contribution in [3.8, 4) is 0 Å². The Labute approximate surface area is 120 Å². The van der Waals surface area contributed by atoms with Crippen LogP contribution >= 0.6 is 11.3 Å². The first-order chi connectivity index (χ1) is 8.99. The maximum Gasteiger partial charge on any atom is 0.315 e. The fraction of sp³-hybridized carbons (Fsp3) is 0.714. The van der Waals surface area contributed by atoms with Gasteiger partial charge in [-0.2, -0.15) is 0 Å². The SMILES string of the molecule is CC(C)CCNC(=O)NC(CC(C)C)c1nccs1. The number of hydrogen-bond acceptors (Lipinski definition) is 3. The largest absolute Gasteiger partial charge is 0.338 e. The number of nitrogens with zero attached hydrogens (tertiary/aromatic N) is 1. The zero-order valence-electron chi connectivity index (χ0n) is 12.3. The molecule has 2 N–H and O–H groups in total. The summed E-state index contributed by atoms with van der Waals surface area (Å²) in [6.45, 7) is 9.32. The Balaban J connectivity index is 2.46. The summed E-state index contributed by atoms with van der Waals surface area (Å²) in [5.41, 5.74) is 0. The molecule has 1 aromatic heterocycles. The number of nitrogens with one attached hydrogen (secondary N) is 2. The molecule has 1 atom stereocenters. The summed E-state index contributed by atoms with van der Waals surface area (Å²) in [4.78, 5) is 16.2. The van der Waals surface area contributed by atoms with E-state index in [2.05, 4.69) is 43.3 Å². The summed E-state index contributed by atoms with van der Waals surface area (Å²) in [5.74, 6) is 1.12. The molecule has 0 saturated heterocycles. The van der Waals surface area contributed by atoms with Crippen molar-refractivity contribution in [1.29, 1.82) is 0 Å². The second-order valence-electron chi connectivity index (χ2n) is 5.64. The average molecular weight is 283 g/mol. The van der Waals surface area contributed by atoms with Gasteiger partial charge in [-0.25, -0.2) is 9.78 Å². The summed E-state index contributed by atoms with van der Waals surface area (Å²) in [5, 5.41) is 8.85. The van der Waals surface area contributed by atoms with E-state index >= 15 is 0 Å². The van der Waals surface area contributed by atoms with Gasteiger partial charge >= 0.3 is 6.03 Å². The normalized spacial score (nSPS) is 12.7. The highest BCUT2D eigenvalue weighted by Gasteiger charge is 2.18. The molecule has 0 aliphatic carbocycles. The van der Waals surface area contributed by atoms with Gasteiger partial charge in [0, 0.05) is 18.1 Å². The quantitative estimate of drug-likeness (QED) is 0.803. The zero-order valence-corrected chi connectivity index (χ0v) is 13.1. The number of rotatable bonds is 7. The minimum Gasteiger partial charge on any atom is -0.338 e. The molecule has 19 heavy (non-hydrogen) atoms. The first-order valence-corrected chi connectivity index (χ1v) is 7.80. The molecule has 108 valence electrons. The topological polar surface area (TPSA) is 54.0 Å². The number of carbonyl (C=O) groups excluding carboxylic acids is 1. The Bertz CT molecular complexity index is 363. The monoisotopic (exact) mass is 283 g/mol. The third-order valence-electron chi connectivity index (χ3n) is 2.77. The molecule has 0 fully saturated rings. The first-order valence-electron chi connectivity index (χ1n) is 6.92. The van der Waals surface area contributed by atoms with Gasteiger partial charge in [-0.1, -0.05) is 27.7 Å². The van der Waals surface area contributed by atoms with E-state index in [0.29, 0.717) is 11.8 Å². The van der Waals surface area contributed by atoms with Crippen LogP contribution in [0.5, 0.6) is 0 Å². The van der Waals surface area contributed by atoms with Crippen LogP contribution in [0.4, 0.5) is 4.79 Å². The predicted molar refractivity (Wildman–Crippen MR) is 80.3 cm³/mol. The van der Waals surface area contributed by atoms with E-state index in [1.807, 2.05) is 5.38 Å². The Morgan fingerprint density at radius 1 is 1.32 bits per heavy atom. The predicted octanol–water partition coefficient (Wildman–Crippen LogP) is 3.58. The standard InChI is InChI=1S/C14H25N3OS/c1-10(2)5-6-16-14(18)17-12(9-11(3)4)13-15-7-8-19-13/h7-8,10-12H,5-6,9H2,1-4H3,(H2,16,17,18). The minimum absolute atomic E-state index is 0.0130. The molecule has 1 unspecified atom stereocenters. The molecule has 0 aromatic carbocycles. The minimum atomic E-state index is -0.0958. The molecule has 2 amide bonds. The van der Waals surface area contributed by atoms with Crippen LogP contribution in [0.15, 0.2) is 11.6 Å². The average Bonchev–Trinajstić information content (AvgIpc) is 2.80. The molecule has 0 bridgehead atoms. The van der Waals surface area contributed by atoms with Gasteiger partial charge in [-0.05, 0) is 24.7 Å². The van der Waals surface area contributed by atoms with Crippen molar-refractivity contribution in [2.75, 3.05) is 6.54 Å². The lowest BCUT2D eigenvalue weighted by Gasteiger charge is -2.19. The molecule has 0 aliphatic rings. The molecule has 4 nitrogen and oxygen atoms in total. The number of urea groups is 1. The molecular formula is C14H25N3OS. The summed E-state index contributed by atoms with van der Waals surface area (Å²) in [6, 6.07) is -0.0828. The van der Waals surface area contributed by atoms with Crippen LogP contribution in [0.1, 0.15) is 51.6 Å². The smallest absolute Gasteiger partial charge is 0.315 e. The molecule has 0 saturated carbocycles. The molecule has 0 aliphatic heterocycles. The highest BCUT2D eigenvalue weighted by atomic mass is 32.1. The van der Waals surface area contributed by atoms with E-state index in [0.717, 1.165) is 24.4 Å². The lowest BCUT2D eigenvalue weighted by molar-refractivity contribution is 0.234. The van der Waals surface area contributed by atoms with Gasteiger partial charge in [0.1, 0.15) is 5.01 Å². The number of carbonyl (C=O) groups is 1. The van der Waals surface area contributed by atoms with Crippen molar-refractivity contribution < 1.29 is 4.79 Å². The van der Waals surface area contributed by atoms with E-state index < -0.39 is 0 Å². The van der Waals surface area contributed by atoms with Crippen molar-refractivity contribution in [3.05, 3.63) is 16.6 Å². The summed E-state index contributed by atoms with van der Waals surface area (Å²) < 4.78 is 0. The van der Waals surface area contributed by atoms with Gasteiger partial charge in [-0.3, -0.25) is 0 Å².